The van der Waals surface area contributed by atoms with Gasteiger partial charge in [-0.3, -0.25) is 0 Å². The zero-order valence-electron chi connectivity index (χ0n) is 11.5. The Morgan fingerprint density at radius 1 is 1.37 bits per heavy atom. The molecule has 1 aromatic rings. The van der Waals surface area contributed by atoms with E-state index in [1.807, 2.05) is 18.2 Å². The van der Waals surface area contributed by atoms with Crippen molar-refractivity contribution in [1.82, 2.24) is 5.32 Å². The van der Waals surface area contributed by atoms with E-state index in [4.69, 9.17) is 0 Å². The van der Waals surface area contributed by atoms with Crippen LogP contribution >= 0.6 is 0 Å². The maximum Gasteiger partial charge on any atom is 0.319 e. The Labute approximate surface area is 114 Å². The molecule has 1 fully saturated rings. The average molecular weight is 262 g/mol. The fraction of sp³-hybridized carbons (Fsp3) is 0.533. The van der Waals surface area contributed by atoms with Crippen LogP contribution in [-0.2, 0) is 0 Å². The summed E-state index contributed by atoms with van der Waals surface area (Å²) >= 11 is 0. The molecule has 1 aliphatic rings. The third kappa shape index (κ3) is 3.70. The van der Waals surface area contributed by atoms with Crippen LogP contribution < -0.4 is 10.6 Å². The van der Waals surface area contributed by atoms with Crippen LogP contribution in [0.1, 0.15) is 44.8 Å². The highest BCUT2D eigenvalue weighted by atomic mass is 16.3. The minimum Gasteiger partial charge on any atom is -0.389 e. The number of rotatable bonds is 4. The number of aliphatic hydroxyl groups is 1. The first-order valence-corrected chi connectivity index (χ1v) is 6.92. The van der Waals surface area contributed by atoms with E-state index in [1.165, 1.54) is 19.3 Å². The molecular formula is C15H22N2O2. The molecule has 2 atom stereocenters. The topological polar surface area (TPSA) is 61.4 Å². The number of urea groups is 1. The lowest BCUT2D eigenvalue weighted by atomic mass is 9.80. The molecule has 0 saturated heterocycles. The van der Waals surface area contributed by atoms with Crippen LogP contribution in [0.3, 0.4) is 0 Å². The van der Waals surface area contributed by atoms with Crippen LogP contribution in [0.4, 0.5) is 10.5 Å². The lowest BCUT2D eigenvalue weighted by Gasteiger charge is -2.31. The Kier molecular flexibility index (Phi) is 4.43. The minimum atomic E-state index is -0.529. The molecule has 4 nitrogen and oxygen atoms in total. The standard InChI is InChI=1S/C15H22N2O2/c1-10(12-5-3-6-12)16-15(19)17-14-8-4-7-13(9-14)11(2)18/h4,7-12,18H,3,5-6H2,1-2H3,(H2,16,17,19). The number of amides is 2. The van der Waals surface area contributed by atoms with Gasteiger partial charge in [-0.15, -0.1) is 0 Å². The van der Waals surface area contributed by atoms with Crippen molar-refractivity contribution in [3.05, 3.63) is 29.8 Å². The summed E-state index contributed by atoms with van der Waals surface area (Å²) in [6.07, 6.45) is 3.16. The second kappa shape index (κ2) is 6.06. The van der Waals surface area contributed by atoms with Gasteiger partial charge in [0, 0.05) is 11.7 Å². The van der Waals surface area contributed by atoms with Crippen molar-refractivity contribution < 1.29 is 9.90 Å². The van der Waals surface area contributed by atoms with Crippen LogP contribution in [-0.4, -0.2) is 17.2 Å². The summed E-state index contributed by atoms with van der Waals surface area (Å²) in [6.45, 7) is 3.76. The van der Waals surface area contributed by atoms with Gasteiger partial charge in [-0.25, -0.2) is 4.79 Å². The van der Waals surface area contributed by atoms with Crippen LogP contribution in [0, 0.1) is 5.92 Å². The molecule has 2 amide bonds. The number of hydrogen-bond acceptors (Lipinski definition) is 2. The van der Waals surface area contributed by atoms with Crippen molar-refractivity contribution >= 4 is 11.7 Å². The zero-order valence-corrected chi connectivity index (χ0v) is 11.5. The normalized spacial score (nSPS) is 18.3. The highest BCUT2D eigenvalue weighted by Crippen LogP contribution is 2.29. The summed E-state index contributed by atoms with van der Waals surface area (Å²) < 4.78 is 0. The first kappa shape index (κ1) is 13.9. The highest BCUT2D eigenvalue weighted by molar-refractivity contribution is 5.89. The third-order valence-electron chi connectivity index (χ3n) is 3.84. The van der Waals surface area contributed by atoms with E-state index >= 15 is 0 Å². The Hall–Kier alpha value is -1.55. The first-order chi connectivity index (χ1) is 9.06. The molecule has 1 aliphatic carbocycles. The van der Waals surface area contributed by atoms with E-state index in [2.05, 4.69) is 17.6 Å². The quantitative estimate of drug-likeness (QED) is 0.781. The molecule has 1 saturated carbocycles. The number of carbonyl (C=O) groups is 1. The van der Waals surface area contributed by atoms with Crippen LogP contribution in [0.25, 0.3) is 0 Å². The van der Waals surface area contributed by atoms with E-state index in [-0.39, 0.29) is 12.1 Å². The molecule has 4 heteroatoms. The second-order valence-corrected chi connectivity index (χ2v) is 5.38. The SMILES string of the molecule is CC(O)c1cccc(NC(=O)NC(C)C2CCC2)c1. The second-order valence-electron chi connectivity index (χ2n) is 5.38. The molecule has 0 heterocycles. The molecule has 0 aromatic heterocycles. The predicted octanol–water partition coefficient (Wildman–Crippen LogP) is 3.05. The van der Waals surface area contributed by atoms with Crippen LogP contribution in [0.2, 0.25) is 0 Å². The maximum atomic E-state index is 11.9. The number of benzene rings is 1. The lowest BCUT2D eigenvalue weighted by Crippen LogP contribution is -2.42. The van der Waals surface area contributed by atoms with Crippen LogP contribution in [0.5, 0.6) is 0 Å². The summed E-state index contributed by atoms with van der Waals surface area (Å²) in [5, 5.41) is 15.3. The van der Waals surface area contributed by atoms with Gasteiger partial charge in [0.1, 0.15) is 0 Å². The summed E-state index contributed by atoms with van der Waals surface area (Å²) in [6, 6.07) is 7.31. The summed E-state index contributed by atoms with van der Waals surface area (Å²) in [5.74, 6) is 0.620. The monoisotopic (exact) mass is 262 g/mol. The summed E-state index contributed by atoms with van der Waals surface area (Å²) in [7, 11) is 0. The van der Waals surface area contributed by atoms with Crippen molar-refractivity contribution in [2.24, 2.45) is 5.92 Å². The van der Waals surface area contributed by atoms with Crippen molar-refractivity contribution in [3.63, 3.8) is 0 Å². The lowest BCUT2D eigenvalue weighted by molar-refractivity contribution is 0.199. The summed E-state index contributed by atoms with van der Waals surface area (Å²) in [5.41, 5.74) is 1.50. The van der Waals surface area contributed by atoms with E-state index in [0.29, 0.717) is 11.6 Å². The Bertz CT molecular complexity index is 442. The highest BCUT2D eigenvalue weighted by Gasteiger charge is 2.24. The molecule has 0 bridgehead atoms. The molecule has 19 heavy (non-hydrogen) atoms. The van der Waals surface area contributed by atoms with Crippen LogP contribution in [0.15, 0.2) is 24.3 Å². The molecule has 104 valence electrons. The van der Waals surface area contributed by atoms with E-state index in [1.54, 1.807) is 13.0 Å². The van der Waals surface area contributed by atoms with Gasteiger partial charge in [-0.05, 0) is 50.3 Å². The van der Waals surface area contributed by atoms with Crippen molar-refractivity contribution in [3.8, 4) is 0 Å². The number of nitrogens with one attached hydrogen (secondary N) is 2. The number of anilines is 1. The molecule has 2 unspecified atom stereocenters. The Balaban J connectivity index is 1.89. The van der Waals surface area contributed by atoms with E-state index < -0.39 is 6.10 Å². The fourth-order valence-corrected chi connectivity index (χ4v) is 2.31. The maximum absolute atomic E-state index is 11.9. The molecule has 0 aliphatic heterocycles. The van der Waals surface area contributed by atoms with Crippen molar-refractivity contribution in [2.75, 3.05) is 5.32 Å². The van der Waals surface area contributed by atoms with Gasteiger partial charge in [-0.2, -0.15) is 0 Å². The van der Waals surface area contributed by atoms with Gasteiger partial charge in [0.2, 0.25) is 0 Å². The van der Waals surface area contributed by atoms with Crippen molar-refractivity contribution in [2.45, 2.75) is 45.3 Å². The summed E-state index contributed by atoms with van der Waals surface area (Å²) in [4.78, 5) is 11.9. The predicted molar refractivity (Wildman–Crippen MR) is 76.0 cm³/mol. The largest absolute Gasteiger partial charge is 0.389 e. The van der Waals surface area contributed by atoms with Crippen molar-refractivity contribution in [1.29, 1.82) is 0 Å². The molecular weight excluding hydrogens is 240 g/mol. The van der Waals surface area contributed by atoms with E-state index in [9.17, 15) is 9.90 Å². The fourth-order valence-electron chi connectivity index (χ4n) is 2.31. The third-order valence-corrected chi connectivity index (χ3v) is 3.84. The molecule has 0 radical (unpaired) electrons. The average Bonchev–Trinajstić information content (AvgIpc) is 2.26. The molecule has 3 N–H and O–H groups in total. The van der Waals surface area contributed by atoms with Gasteiger partial charge in [0.25, 0.3) is 0 Å². The smallest absolute Gasteiger partial charge is 0.319 e. The Morgan fingerprint density at radius 3 is 2.68 bits per heavy atom. The first-order valence-electron chi connectivity index (χ1n) is 6.92. The molecule has 2 rings (SSSR count). The zero-order chi connectivity index (χ0) is 13.8. The number of aliphatic hydroxyl groups excluding tert-OH is 1. The van der Waals surface area contributed by atoms with Gasteiger partial charge < -0.3 is 15.7 Å². The van der Waals surface area contributed by atoms with Gasteiger partial charge in [0.15, 0.2) is 0 Å². The number of hydrogen-bond donors (Lipinski definition) is 3. The van der Waals surface area contributed by atoms with E-state index in [0.717, 1.165) is 5.56 Å². The molecule has 0 spiro atoms. The van der Waals surface area contributed by atoms with Gasteiger partial charge >= 0.3 is 6.03 Å². The number of carbonyl (C=O) groups excluding carboxylic acids is 1. The van der Waals surface area contributed by atoms with Gasteiger partial charge in [0.05, 0.1) is 6.10 Å². The Morgan fingerprint density at radius 2 is 2.11 bits per heavy atom. The molecule has 1 aromatic carbocycles. The minimum absolute atomic E-state index is 0.179. The van der Waals surface area contributed by atoms with Gasteiger partial charge in [-0.1, -0.05) is 18.6 Å².